The Labute approximate surface area is 135 Å². The quantitative estimate of drug-likeness (QED) is 0.701. The molecule has 2 heterocycles. The number of ether oxygens (including phenoxy) is 1. The number of aromatic nitrogens is 1. The van der Waals surface area contributed by atoms with Gasteiger partial charge in [0.1, 0.15) is 17.3 Å². The maximum atomic E-state index is 10.9. The van der Waals surface area contributed by atoms with Crippen LogP contribution in [0.1, 0.15) is 4.88 Å². The van der Waals surface area contributed by atoms with Gasteiger partial charge in [-0.05, 0) is 30.3 Å². The molecule has 2 aromatic heterocycles. The molecule has 1 aromatic carbocycles. The first-order valence-electron chi connectivity index (χ1n) is 6.59. The van der Waals surface area contributed by atoms with Crippen molar-refractivity contribution in [3.63, 3.8) is 0 Å². The van der Waals surface area contributed by atoms with Crippen LogP contribution in [0, 0.1) is 0 Å². The maximum absolute atomic E-state index is 10.9. The topological polar surface area (TPSA) is 83.2 Å². The van der Waals surface area contributed by atoms with Gasteiger partial charge >= 0.3 is 0 Å². The van der Waals surface area contributed by atoms with Crippen LogP contribution in [0.2, 0.25) is 0 Å². The average molecular weight is 333 g/mol. The van der Waals surface area contributed by atoms with Crippen LogP contribution in [0.3, 0.4) is 0 Å². The molecule has 1 atom stereocenters. The van der Waals surface area contributed by atoms with Crippen LogP contribution in [-0.2, 0) is 18.1 Å². The van der Waals surface area contributed by atoms with Gasteiger partial charge in [0, 0.05) is 33.0 Å². The van der Waals surface area contributed by atoms with E-state index in [2.05, 4.69) is 15.8 Å². The Morgan fingerprint density at radius 2 is 2.18 bits per heavy atom. The van der Waals surface area contributed by atoms with E-state index < -0.39 is 11.5 Å². The summed E-state index contributed by atoms with van der Waals surface area (Å²) in [7, 11) is 1.64. The molecule has 0 spiro atoms. The molecular formula is C15H15N3O2S2. The molecule has 0 aliphatic heterocycles. The fraction of sp³-hybridized carbons (Fsp3) is 0.133. The monoisotopic (exact) mass is 333 g/mol. The zero-order chi connectivity index (χ0) is 15.5. The van der Waals surface area contributed by atoms with E-state index in [1.807, 2.05) is 30.3 Å². The van der Waals surface area contributed by atoms with Gasteiger partial charge in [-0.1, -0.05) is 0 Å². The first-order chi connectivity index (χ1) is 10.7. The Balaban J connectivity index is 1.96. The summed E-state index contributed by atoms with van der Waals surface area (Å²) in [4.78, 5) is 6.61. The van der Waals surface area contributed by atoms with Crippen LogP contribution in [0.25, 0.3) is 21.3 Å². The van der Waals surface area contributed by atoms with Gasteiger partial charge in [0.2, 0.25) is 0 Å². The van der Waals surface area contributed by atoms with Gasteiger partial charge in [-0.3, -0.25) is 4.98 Å². The van der Waals surface area contributed by atoms with Gasteiger partial charge in [-0.25, -0.2) is 0 Å². The second kappa shape index (κ2) is 6.64. The fourth-order valence-electron chi connectivity index (χ4n) is 2.23. The summed E-state index contributed by atoms with van der Waals surface area (Å²) < 4.78 is 18.8. The fourth-order valence-corrected chi connectivity index (χ4v) is 3.61. The molecule has 3 N–H and O–H groups in total. The molecule has 22 heavy (non-hydrogen) atoms. The van der Waals surface area contributed by atoms with E-state index in [9.17, 15) is 4.55 Å². The zero-order valence-electron chi connectivity index (χ0n) is 11.9. The third-order valence-electron chi connectivity index (χ3n) is 3.27. The summed E-state index contributed by atoms with van der Waals surface area (Å²) in [5.74, 6) is 0.790. The second-order valence-electron chi connectivity index (χ2n) is 4.63. The normalized spacial score (nSPS) is 12.5. The molecule has 7 heteroatoms. The minimum atomic E-state index is -1.49. The van der Waals surface area contributed by atoms with E-state index in [-0.39, 0.29) is 0 Å². The summed E-state index contributed by atoms with van der Waals surface area (Å²) in [6, 6.07) is 11.9. The molecular weight excluding hydrogens is 318 g/mol. The molecule has 0 aliphatic carbocycles. The summed E-state index contributed by atoms with van der Waals surface area (Å²) in [6.07, 6.45) is 1.80. The lowest BCUT2D eigenvalue weighted by atomic mass is 10.1. The third-order valence-corrected chi connectivity index (χ3v) is 4.81. The van der Waals surface area contributed by atoms with Crippen molar-refractivity contribution in [1.82, 2.24) is 9.71 Å². The van der Waals surface area contributed by atoms with Crippen molar-refractivity contribution in [2.24, 2.45) is 5.14 Å². The van der Waals surface area contributed by atoms with Gasteiger partial charge in [-0.2, -0.15) is 0 Å². The molecule has 1 unspecified atom stereocenters. The number of fused-ring (bicyclic) bond motifs is 1. The number of methoxy groups -OCH3 is 1. The lowest BCUT2D eigenvalue weighted by Gasteiger charge is -2.06. The van der Waals surface area contributed by atoms with Gasteiger partial charge < -0.3 is 9.29 Å². The number of benzene rings is 1. The van der Waals surface area contributed by atoms with Crippen molar-refractivity contribution in [2.45, 2.75) is 6.54 Å². The minimum Gasteiger partial charge on any atom is -0.579 e. The lowest BCUT2D eigenvalue weighted by Crippen LogP contribution is -2.29. The van der Waals surface area contributed by atoms with E-state index in [1.54, 1.807) is 24.6 Å². The molecule has 0 aliphatic rings. The highest BCUT2D eigenvalue weighted by molar-refractivity contribution is 7.87. The Morgan fingerprint density at radius 1 is 1.32 bits per heavy atom. The third kappa shape index (κ3) is 3.23. The van der Waals surface area contributed by atoms with Crippen molar-refractivity contribution in [2.75, 3.05) is 7.11 Å². The molecule has 0 saturated heterocycles. The first-order valence-corrected chi connectivity index (χ1v) is 8.62. The average Bonchev–Trinajstić information content (AvgIpc) is 3.00. The van der Waals surface area contributed by atoms with Crippen LogP contribution in [0.4, 0.5) is 0 Å². The molecule has 0 amide bonds. The van der Waals surface area contributed by atoms with Crippen molar-refractivity contribution in [1.29, 1.82) is 0 Å². The van der Waals surface area contributed by atoms with E-state index in [0.29, 0.717) is 6.54 Å². The Kier molecular flexibility index (Phi) is 4.60. The largest absolute Gasteiger partial charge is 0.579 e. The van der Waals surface area contributed by atoms with Crippen LogP contribution in [-0.4, -0.2) is 16.6 Å². The Hall–Kier alpha value is -1.64. The first kappa shape index (κ1) is 15.3. The highest BCUT2D eigenvalue weighted by Gasteiger charge is 2.09. The number of rotatable bonds is 5. The van der Waals surface area contributed by atoms with Gasteiger partial charge in [0.15, 0.2) is 0 Å². The summed E-state index contributed by atoms with van der Waals surface area (Å²) in [5, 5.41) is 6.28. The smallest absolute Gasteiger partial charge is 0.132 e. The highest BCUT2D eigenvalue weighted by Crippen LogP contribution is 2.34. The predicted octanol–water partition coefficient (Wildman–Crippen LogP) is 2.60. The summed E-state index contributed by atoms with van der Waals surface area (Å²) in [6.45, 7) is 0.491. The molecule has 0 saturated carbocycles. The molecule has 0 radical (unpaired) electrons. The number of thiophene rings is 1. The second-order valence-corrected chi connectivity index (χ2v) is 6.68. The number of hydrogen-bond acceptors (Lipinski definition) is 6. The van der Waals surface area contributed by atoms with Gasteiger partial charge in [-0.15, -0.1) is 21.2 Å². The minimum absolute atomic E-state index is 0.491. The Bertz CT molecular complexity index is 789. The predicted molar refractivity (Wildman–Crippen MR) is 90.8 cm³/mol. The van der Waals surface area contributed by atoms with Crippen molar-refractivity contribution >= 4 is 33.8 Å². The number of nitrogens with two attached hydrogens (primary N) is 1. The lowest BCUT2D eigenvalue weighted by molar-refractivity contribution is 0.415. The van der Waals surface area contributed by atoms with E-state index in [0.717, 1.165) is 32.0 Å². The van der Waals surface area contributed by atoms with Gasteiger partial charge in [0.05, 0.1) is 19.2 Å². The maximum Gasteiger partial charge on any atom is 0.132 e. The van der Waals surface area contributed by atoms with Crippen LogP contribution < -0.4 is 14.6 Å². The standard InChI is InChI=1S/C15H15N3O2S2/c1-20-10-2-4-12-13(6-7-17-14(12)8-10)15-5-3-11(21-15)9-18-22(16)19/h2-8,18H,9,16H2,1H3. The van der Waals surface area contributed by atoms with Gasteiger partial charge in [0.25, 0.3) is 0 Å². The number of pyridine rings is 1. The van der Waals surface area contributed by atoms with E-state index in [4.69, 9.17) is 9.88 Å². The Morgan fingerprint density at radius 3 is 2.95 bits per heavy atom. The van der Waals surface area contributed by atoms with E-state index in [1.165, 1.54) is 0 Å². The highest BCUT2D eigenvalue weighted by atomic mass is 32.2. The summed E-state index contributed by atoms with van der Waals surface area (Å²) in [5.41, 5.74) is 2.02. The van der Waals surface area contributed by atoms with Crippen molar-refractivity contribution < 1.29 is 9.29 Å². The van der Waals surface area contributed by atoms with Crippen LogP contribution in [0.15, 0.2) is 42.6 Å². The zero-order valence-corrected chi connectivity index (χ0v) is 13.5. The van der Waals surface area contributed by atoms with E-state index >= 15 is 0 Å². The molecule has 3 aromatic rings. The SMILES string of the molecule is COc1ccc2c(-c3ccc(CN[S+](N)[O-])s3)ccnc2c1. The number of hydrogen-bond donors (Lipinski definition) is 2. The molecule has 0 fully saturated rings. The van der Waals surface area contributed by atoms with Crippen molar-refractivity contribution in [3.05, 3.63) is 47.5 Å². The van der Waals surface area contributed by atoms with Crippen molar-refractivity contribution in [3.8, 4) is 16.2 Å². The molecule has 0 bridgehead atoms. The van der Waals surface area contributed by atoms with Crippen LogP contribution >= 0.6 is 11.3 Å². The molecule has 5 nitrogen and oxygen atoms in total. The van der Waals surface area contributed by atoms with Crippen LogP contribution in [0.5, 0.6) is 5.75 Å². The molecule has 3 rings (SSSR count). The number of nitrogens with zero attached hydrogens (tertiary/aromatic N) is 1. The summed E-state index contributed by atoms with van der Waals surface area (Å²) >= 11 is 0.147. The number of nitrogens with one attached hydrogen (secondary N) is 1. The molecule has 114 valence electrons.